The number of benzene rings is 1. The second-order valence-electron chi connectivity index (χ2n) is 10.6. The van der Waals surface area contributed by atoms with Crippen LogP contribution in [-0.4, -0.2) is 24.9 Å². The topological polar surface area (TPSA) is 49.4 Å². The van der Waals surface area contributed by atoms with E-state index >= 15 is 0 Å². The first-order valence-corrected chi connectivity index (χ1v) is 11.7. The van der Waals surface area contributed by atoms with Gasteiger partial charge < -0.3 is 10.2 Å². The number of amides is 2. The number of anilines is 1. The average molecular weight is 407 g/mol. The van der Waals surface area contributed by atoms with E-state index in [1.54, 1.807) is 6.08 Å². The molecule has 1 N–H and O–H groups in total. The third-order valence-corrected chi connectivity index (χ3v) is 9.46. The van der Waals surface area contributed by atoms with Gasteiger partial charge in [-0.15, -0.1) is 0 Å². The Morgan fingerprint density at radius 2 is 1.80 bits per heavy atom. The summed E-state index contributed by atoms with van der Waals surface area (Å²) >= 11 is 0. The molecule has 4 aliphatic rings. The van der Waals surface area contributed by atoms with Gasteiger partial charge in [-0.05, 0) is 79.9 Å². The molecule has 4 heteroatoms. The summed E-state index contributed by atoms with van der Waals surface area (Å²) in [7, 11) is 1.93. The summed E-state index contributed by atoms with van der Waals surface area (Å²) < 4.78 is 0. The zero-order valence-electron chi connectivity index (χ0n) is 18.4. The highest BCUT2D eigenvalue weighted by molar-refractivity contribution is 5.95. The lowest BCUT2D eigenvalue weighted by molar-refractivity contribution is -0.131. The Morgan fingerprint density at radius 1 is 1.03 bits per heavy atom. The summed E-state index contributed by atoms with van der Waals surface area (Å²) in [4.78, 5) is 27.3. The van der Waals surface area contributed by atoms with Crippen LogP contribution < -0.4 is 10.2 Å². The monoisotopic (exact) mass is 406 g/mol. The Balaban J connectivity index is 1.40. The van der Waals surface area contributed by atoms with Crippen molar-refractivity contribution >= 4 is 17.5 Å². The maximum absolute atomic E-state index is 13.6. The first kappa shape index (κ1) is 19.8. The number of fused-ring (bicyclic) bond motifs is 5. The van der Waals surface area contributed by atoms with E-state index in [0.29, 0.717) is 17.8 Å². The molecule has 2 amide bonds. The molecule has 3 fully saturated rings. The van der Waals surface area contributed by atoms with Gasteiger partial charge in [0.2, 0.25) is 11.8 Å². The fraction of sp³-hybridized carbons (Fsp3) is 0.615. The van der Waals surface area contributed by atoms with Gasteiger partial charge in [0.05, 0.1) is 0 Å². The molecule has 30 heavy (non-hydrogen) atoms. The third-order valence-electron chi connectivity index (χ3n) is 9.46. The van der Waals surface area contributed by atoms with Crippen LogP contribution in [-0.2, 0) is 9.59 Å². The van der Waals surface area contributed by atoms with Gasteiger partial charge in [0.1, 0.15) is 0 Å². The Kier molecular flexibility index (Phi) is 4.61. The zero-order valence-corrected chi connectivity index (χ0v) is 18.4. The summed E-state index contributed by atoms with van der Waals surface area (Å²) in [6, 6.07) is 10.3. The fourth-order valence-corrected chi connectivity index (χ4v) is 7.75. The van der Waals surface area contributed by atoms with Crippen molar-refractivity contribution in [3.05, 3.63) is 42.5 Å². The molecule has 0 saturated heterocycles. The van der Waals surface area contributed by atoms with Crippen molar-refractivity contribution in [2.75, 3.05) is 11.9 Å². The van der Waals surface area contributed by atoms with Gasteiger partial charge in [-0.25, -0.2) is 0 Å². The molecule has 0 spiro atoms. The smallest absolute Gasteiger partial charge is 0.243 e. The number of nitrogens with zero attached hydrogens (tertiary/aromatic N) is 1. The molecule has 0 aromatic heterocycles. The van der Waals surface area contributed by atoms with Crippen LogP contribution in [0.2, 0.25) is 0 Å². The minimum atomic E-state index is 0.0566. The number of nitrogens with one attached hydrogen (secondary N) is 1. The summed E-state index contributed by atoms with van der Waals surface area (Å²) in [6.07, 6.45) is 10.6. The predicted molar refractivity (Wildman–Crippen MR) is 119 cm³/mol. The van der Waals surface area contributed by atoms with Crippen LogP contribution in [0.3, 0.4) is 0 Å². The molecule has 160 valence electrons. The van der Waals surface area contributed by atoms with E-state index in [-0.39, 0.29) is 34.6 Å². The fourth-order valence-electron chi connectivity index (χ4n) is 7.75. The van der Waals surface area contributed by atoms with E-state index in [1.165, 1.54) is 6.42 Å². The highest BCUT2D eigenvalue weighted by Gasteiger charge is 2.61. The summed E-state index contributed by atoms with van der Waals surface area (Å²) in [5.41, 5.74) is 1.13. The molecule has 1 aromatic carbocycles. The van der Waals surface area contributed by atoms with Crippen LogP contribution in [0, 0.1) is 34.5 Å². The molecule has 5 rings (SSSR count). The molecule has 0 unspecified atom stereocenters. The Bertz CT molecular complexity index is 880. The summed E-state index contributed by atoms with van der Waals surface area (Å²) in [5, 5.41) is 3.23. The van der Waals surface area contributed by atoms with Crippen LogP contribution in [0.15, 0.2) is 42.5 Å². The second kappa shape index (κ2) is 6.96. The van der Waals surface area contributed by atoms with Gasteiger partial charge >= 0.3 is 0 Å². The summed E-state index contributed by atoms with van der Waals surface area (Å²) in [6.45, 7) is 4.75. The number of carbonyl (C=O) groups is 2. The van der Waals surface area contributed by atoms with Crippen molar-refractivity contribution in [2.24, 2.45) is 34.5 Å². The minimum Gasteiger partial charge on any atom is -0.349 e. The SMILES string of the molecule is CN(C(=O)[C@H]1CC[C@H]2[C@@H]3CC[C@H]4NC(=O)C=C[C@]4(C)[C@H]3CC[C@]12C)c1ccccc1. The van der Waals surface area contributed by atoms with E-state index in [4.69, 9.17) is 0 Å². The Hall–Kier alpha value is -2.10. The molecule has 4 nitrogen and oxygen atoms in total. The Morgan fingerprint density at radius 3 is 2.57 bits per heavy atom. The maximum atomic E-state index is 13.6. The number of carbonyl (C=O) groups excluding carboxylic acids is 2. The lowest BCUT2D eigenvalue weighted by atomic mass is 9.48. The highest BCUT2D eigenvalue weighted by Crippen LogP contribution is 2.65. The van der Waals surface area contributed by atoms with E-state index in [2.05, 4.69) is 25.2 Å². The predicted octanol–water partition coefficient (Wildman–Crippen LogP) is 4.56. The Labute approximate surface area is 180 Å². The molecule has 3 aliphatic carbocycles. The van der Waals surface area contributed by atoms with Gasteiger partial charge in [0, 0.05) is 30.1 Å². The van der Waals surface area contributed by atoms with Crippen molar-refractivity contribution in [1.82, 2.24) is 5.32 Å². The van der Waals surface area contributed by atoms with Crippen LogP contribution in [0.5, 0.6) is 0 Å². The van der Waals surface area contributed by atoms with Gasteiger partial charge in [-0.3, -0.25) is 9.59 Å². The molecule has 7 atom stereocenters. The third kappa shape index (κ3) is 2.79. The average Bonchev–Trinajstić information content (AvgIpc) is 3.11. The molecule has 1 heterocycles. The van der Waals surface area contributed by atoms with Gasteiger partial charge in [-0.2, -0.15) is 0 Å². The molecule has 0 radical (unpaired) electrons. The molecule has 1 aromatic rings. The number of rotatable bonds is 2. The van der Waals surface area contributed by atoms with Gasteiger partial charge in [0.15, 0.2) is 0 Å². The summed E-state index contributed by atoms with van der Waals surface area (Å²) in [5.74, 6) is 2.33. The number of hydrogen-bond donors (Lipinski definition) is 1. The molecule has 0 bridgehead atoms. The molecular weight excluding hydrogens is 372 g/mol. The van der Waals surface area contributed by atoms with Crippen LogP contribution in [0.4, 0.5) is 5.69 Å². The first-order chi connectivity index (χ1) is 14.3. The zero-order chi connectivity index (χ0) is 21.1. The van der Waals surface area contributed by atoms with E-state index in [9.17, 15) is 9.59 Å². The molecular formula is C26H34N2O2. The molecule has 3 saturated carbocycles. The second-order valence-corrected chi connectivity index (χ2v) is 10.6. The number of hydrogen-bond acceptors (Lipinski definition) is 2. The lowest BCUT2D eigenvalue weighted by Crippen LogP contribution is -2.59. The van der Waals surface area contributed by atoms with Crippen molar-refractivity contribution in [3.63, 3.8) is 0 Å². The van der Waals surface area contributed by atoms with Gasteiger partial charge in [-0.1, -0.05) is 38.1 Å². The highest BCUT2D eigenvalue weighted by atomic mass is 16.2. The van der Waals surface area contributed by atoms with Crippen molar-refractivity contribution in [1.29, 1.82) is 0 Å². The first-order valence-electron chi connectivity index (χ1n) is 11.7. The number of para-hydroxylation sites is 1. The van der Waals surface area contributed by atoms with Crippen LogP contribution >= 0.6 is 0 Å². The van der Waals surface area contributed by atoms with Crippen molar-refractivity contribution in [3.8, 4) is 0 Å². The molecule has 1 aliphatic heterocycles. The largest absolute Gasteiger partial charge is 0.349 e. The standard InChI is InChI=1S/C26H34N2O2/c1-25-15-13-20-18(9-12-22-26(20,2)16-14-23(29)27-22)19(25)10-11-21(25)24(30)28(3)17-7-5-4-6-8-17/h4-8,14,16,18-22H,9-13,15H2,1-3H3,(H,27,29)/t18-,19-,20-,21+,22+,25-,26+/m0/s1. The van der Waals surface area contributed by atoms with Crippen LogP contribution in [0.25, 0.3) is 0 Å². The van der Waals surface area contributed by atoms with Gasteiger partial charge in [0.25, 0.3) is 0 Å². The lowest BCUT2D eigenvalue weighted by Gasteiger charge is -2.58. The van der Waals surface area contributed by atoms with Crippen LogP contribution in [0.1, 0.15) is 52.4 Å². The van der Waals surface area contributed by atoms with E-state index in [1.807, 2.05) is 42.3 Å². The maximum Gasteiger partial charge on any atom is 0.243 e. The van der Waals surface area contributed by atoms with E-state index in [0.717, 1.165) is 37.8 Å². The minimum absolute atomic E-state index is 0.0566. The normalized spacial score (nSPS) is 42.0. The quantitative estimate of drug-likeness (QED) is 0.783. The van der Waals surface area contributed by atoms with Crippen molar-refractivity contribution < 1.29 is 9.59 Å². The van der Waals surface area contributed by atoms with E-state index < -0.39 is 0 Å². The van der Waals surface area contributed by atoms with Crippen molar-refractivity contribution in [2.45, 2.75) is 58.4 Å².